The average molecular weight is 349 g/mol. The van der Waals surface area contributed by atoms with Crippen LogP contribution in [0.2, 0.25) is 5.02 Å². The lowest BCUT2D eigenvalue weighted by Gasteiger charge is -2.18. The molecule has 2 aromatic carbocycles. The number of rotatable bonds is 4. The molecule has 0 saturated carbocycles. The number of benzene rings is 2. The van der Waals surface area contributed by atoms with Crippen LogP contribution in [0.4, 0.5) is 8.78 Å². The first-order valence-corrected chi connectivity index (χ1v) is 8.01. The van der Waals surface area contributed by atoms with Crippen LogP contribution in [0, 0.1) is 11.6 Å². The molecule has 0 aliphatic carbocycles. The summed E-state index contributed by atoms with van der Waals surface area (Å²) in [7, 11) is 0. The van der Waals surface area contributed by atoms with Crippen LogP contribution in [0.5, 0.6) is 0 Å². The van der Waals surface area contributed by atoms with Crippen molar-refractivity contribution in [1.82, 2.24) is 9.97 Å². The van der Waals surface area contributed by atoms with E-state index in [0.717, 1.165) is 17.0 Å². The van der Waals surface area contributed by atoms with Gasteiger partial charge >= 0.3 is 0 Å². The molecule has 0 bridgehead atoms. The molecular formula is C17H11ClF2N2S. The highest BCUT2D eigenvalue weighted by molar-refractivity contribution is 7.99. The molecule has 0 spiro atoms. The van der Waals surface area contributed by atoms with E-state index in [9.17, 15) is 8.78 Å². The number of hydrogen-bond donors (Lipinski definition) is 0. The summed E-state index contributed by atoms with van der Waals surface area (Å²) >= 11 is 7.27. The molecule has 3 rings (SSSR count). The third kappa shape index (κ3) is 3.86. The Morgan fingerprint density at radius 2 is 1.65 bits per heavy atom. The number of thioether (sulfide) groups is 1. The quantitative estimate of drug-likeness (QED) is 0.599. The Morgan fingerprint density at radius 1 is 0.957 bits per heavy atom. The fourth-order valence-electron chi connectivity index (χ4n) is 2.12. The Labute approximate surface area is 141 Å². The monoisotopic (exact) mass is 348 g/mol. The van der Waals surface area contributed by atoms with Gasteiger partial charge in [-0.15, -0.1) is 11.8 Å². The predicted molar refractivity (Wildman–Crippen MR) is 87.5 cm³/mol. The van der Waals surface area contributed by atoms with Gasteiger partial charge in [0.05, 0.1) is 5.25 Å². The van der Waals surface area contributed by atoms with Crippen LogP contribution in [-0.4, -0.2) is 9.97 Å². The second kappa shape index (κ2) is 7.06. The lowest BCUT2D eigenvalue weighted by atomic mass is 10.1. The minimum atomic E-state index is -0.486. The first-order valence-electron chi connectivity index (χ1n) is 6.75. The molecule has 0 aliphatic rings. The van der Waals surface area contributed by atoms with Crippen molar-refractivity contribution in [3.05, 3.63) is 89.0 Å². The minimum Gasteiger partial charge on any atom is -0.244 e. The zero-order chi connectivity index (χ0) is 16.2. The summed E-state index contributed by atoms with van der Waals surface area (Å²) in [5.41, 5.74) is 0.941. The van der Waals surface area contributed by atoms with Crippen molar-refractivity contribution in [1.29, 1.82) is 0 Å². The van der Waals surface area contributed by atoms with E-state index in [-0.39, 0.29) is 5.56 Å². The van der Waals surface area contributed by atoms with Crippen LogP contribution in [-0.2, 0) is 0 Å². The Hall–Kier alpha value is -1.98. The maximum absolute atomic E-state index is 14.2. The summed E-state index contributed by atoms with van der Waals surface area (Å²) in [4.78, 5) is 8.84. The summed E-state index contributed by atoms with van der Waals surface area (Å²) in [6, 6.07) is 10.6. The Kier molecular flexibility index (Phi) is 4.88. The van der Waals surface area contributed by atoms with Crippen molar-refractivity contribution in [3.63, 3.8) is 0 Å². The van der Waals surface area contributed by atoms with Crippen molar-refractivity contribution in [2.24, 2.45) is 0 Å². The van der Waals surface area contributed by atoms with E-state index in [0.29, 0.717) is 10.6 Å². The van der Waals surface area contributed by atoms with E-state index in [1.807, 2.05) is 12.1 Å². The summed E-state index contributed by atoms with van der Waals surface area (Å²) < 4.78 is 27.8. The van der Waals surface area contributed by atoms with Gasteiger partial charge < -0.3 is 0 Å². The molecule has 3 aromatic rings. The maximum Gasteiger partial charge on any atom is 0.128 e. The minimum absolute atomic E-state index is 0.250. The van der Waals surface area contributed by atoms with Gasteiger partial charge in [0, 0.05) is 33.4 Å². The van der Waals surface area contributed by atoms with Gasteiger partial charge in [-0.3, -0.25) is 0 Å². The molecule has 6 heteroatoms. The number of halogens is 3. The molecule has 23 heavy (non-hydrogen) atoms. The third-order valence-corrected chi connectivity index (χ3v) is 4.75. The lowest BCUT2D eigenvalue weighted by molar-refractivity contribution is 0.587. The van der Waals surface area contributed by atoms with Gasteiger partial charge in [-0.2, -0.15) is 0 Å². The second-order valence-corrected chi connectivity index (χ2v) is 6.40. The summed E-state index contributed by atoms with van der Waals surface area (Å²) in [5, 5.41) is 0.152. The SMILES string of the molecule is Fc1ccc(F)c(C(Sc2ccc(Cl)cc2)c2cncnc2)c1. The van der Waals surface area contributed by atoms with E-state index in [2.05, 4.69) is 9.97 Å². The van der Waals surface area contributed by atoms with Gasteiger partial charge in [0.1, 0.15) is 18.0 Å². The normalized spacial score (nSPS) is 12.1. The Morgan fingerprint density at radius 3 is 2.35 bits per heavy atom. The standard InChI is InChI=1S/C17H11ClF2N2S/c18-12-1-4-14(5-2-12)23-17(11-8-21-10-22-9-11)15-7-13(19)3-6-16(15)20/h1-10,17H. The molecule has 1 aromatic heterocycles. The lowest BCUT2D eigenvalue weighted by Crippen LogP contribution is -2.02. The molecule has 0 amide bonds. The zero-order valence-electron chi connectivity index (χ0n) is 11.8. The molecule has 1 unspecified atom stereocenters. The van der Waals surface area contributed by atoms with E-state index in [1.54, 1.807) is 24.5 Å². The summed E-state index contributed by atoms with van der Waals surface area (Å²) in [6.45, 7) is 0. The first-order chi connectivity index (χ1) is 11.1. The van der Waals surface area contributed by atoms with E-state index in [1.165, 1.54) is 24.2 Å². The smallest absolute Gasteiger partial charge is 0.128 e. The molecule has 0 aliphatic heterocycles. The zero-order valence-corrected chi connectivity index (χ0v) is 13.4. The number of aromatic nitrogens is 2. The number of hydrogen-bond acceptors (Lipinski definition) is 3. The molecule has 0 N–H and O–H groups in total. The number of nitrogens with zero attached hydrogens (tertiary/aromatic N) is 2. The first kappa shape index (κ1) is 15.9. The molecule has 1 atom stereocenters. The van der Waals surface area contributed by atoms with Crippen LogP contribution in [0.15, 0.2) is 66.1 Å². The van der Waals surface area contributed by atoms with Gasteiger partial charge in [0.25, 0.3) is 0 Å². The molecular weight excluding hydrogens is 338 g/mol. The molecule has 1 heterocycles. The fourth-order valence-corrected chi connectivity index (χ4v) is 3.38. The van der Waals surface area contributed by atoms with Crippen LogP contribution in [0.25, 0.3) is 0 Å². The largest absolute Gasteiger partial charge is 0.244 e. The van der Waals surface area contributed by atoms with Gasteiger partial charge in [0.15, 0.2) is 0 Å². The Balaban J connectivity index is 2.03. The highest BCUT2D eigenvalue weighted by atomic mass is 35.5. The van der Waals surface area contributed by atoms with E-state index >= 15 is 0 Å². The van der Waals surface area contributed by atoms with Gasteiger partial charge in [-0.25, -0.2) is 18.7 Å². The van der Waals surface area contributed by atoms with Crippen molar-refractivity contribution in [2.75, 3.05) is 0 Å². The fraction of sp³-hybridized carbons (Fsp3) is 0.0588. The topological polar surface area (TPSA) is 25.8 Å². The van der Waals surface area contributed by atoms with Crippen molar-refractivity contribution >= 4 is 23.4 Å². The van der Waals surface area contributed by atoms with Crippen LogP contribution in [0.3, 0.4) is 0 Å². The van der Waals surface area contributed by atoms with Gasteiger partial charge in [0.2, 0.25) is 0 Å². The highest BCUT2D eigenvalue weighted by Crippen LogP contribution is 2.41. The maximum atomic E-state index is 14.2. The molecule has 116 valence electrons. The van der Waals surface area contributed by atoms with Crippen LogP contribution < -0.4 is 0 Å². The Bertz CT molecular complexity index is 797. The summed E-state index contributed by atoms with van der Waals surface area (Å²) in [6.07, 6.45) is 4.60. The van der Waals surface area contributed by atoms with Crippen molar-refractivity contribution < 1.29 is 8.78 Å². The van der Waals surface area contributed by atoms with Crippen molar-refractivity contribution in [2.45, 2.75) is 10.1 Å². The van der Waals surface area contributed by atoms with Crippen molar-refractivity contribution in [3.8, 4) is 0 Å². The van der Waals surface area contributed by atoms with E-state index < -0.39 is 16.9 Å². The second-order valence-electron chi connectivity index (χ2n) is 4.79. The van der Waals surface area contributed by atoms with Gasteiger partial charge in [-0.05, 0) is 42.5 Å². The van der Waals surface area contributed by atoms with Crippen LogP contribution >= 0.6 is 23.4 Å². The molecule has 0 saturated heterocycles. The van der Waals surface area contributed by atoms with Gasteiger partial charge in [-0.1, -0.05) is 11.6 Å². The summed E-state index contributed by atoms with van der Waals surface area (Å²) in [5.74, 6) is -0.957. The van der Waals surface area contributed by atoms with E-state index in [4.69, 9.17) is 11.6 Å². The molecule has 0 fully saturated rings. The molecule has 2 nitrogen and oxygen atoms in total. The molecule has 0 radical (unpaired) electrons. The average Bonchev–Trinajstić information content (AvgIpc) is 2.57. The predicted octanol–water partition coefficient (Wildman–Crippen LogP) is 5.29. The third-order valence-electron chi connectivity index (χ3n) is 3.19. The highest BCUT2D eigenvalue weighted by Gasteiger charge is 2.21. The van der Waals surface area contributed by atoms with Crippen LogP contribution in [0.1, 0.15) is 16.4 Å².